The predicted octanol–water partition coefficient (Wildman–Crippen LogP) is 3.23. The van der Waals surface area contributed by atoms with E-state index in [2.05, 4.69) is 48.8 Å². The standard InChI is InChI=1S/C16H26N2/c1-4-5-8-17-9-11-18(12-10-17)16-13-14(2)6-7-15(16)3/h6-7,13H,4-5,8-12H2,1-3H3. The van der Waals surface area contributed by atoms with Crippen LogP contribution in [0.15, 0.2) is 18.2 Å². The zero-order valence-electron chi connectivity index (χ0n) is 12.1. The summed E-state index contributed by atoms with van der Waals surface area (Å²) < 4.78 is 0. The van der Waals surface area contributed by atoms with Crippen molar-refractivity contribution < 1.29 is 0 Å². The minimum absolute atomic E-state index is 1.17. The number of hydrogen-bond acceptors (Lipinski definition) is 2. The molecule has 100 valence electrons. The molecule has 2 nitrogen and oxygen atoms in total. The molecular weight excluding hydrogens is 220 g/mol. The van der Waals surface area contributed by atoms with E-state index in [9.17, 15) is 0 Å². The number of unbranched alkanes of at least 4 members (excludes halogenated alkanes) is 1. The molecule has 0 radical (unpaired) electrons. The van der Waals surface area contributed by atoms with Crippen LogP contribution in [0.1, 0.15) is 30.9 Å². The van der Waals surface area contributed by atoms with Gasteiger partial charge in [-0.25, -0.2) is 0 Å². The smallest absolute Gasteiger partial charge is 0.0399 e. The third-order valence-electron chi connectivity index (χ3n) is 3.91. The van der Waals surface area contributed by atoms with Gasteiger partial charge in [0.2, 0.25) is 0 Å². The zero-order valence-corrected chi connectivity index (χ0v) is 12.1. The molecule has 0 spiro atoms. The van der Waals surface area contributed by atoms with E-state index in [1.165, 1.54) is 62.4 Å². The summed E-state index contributed by atoms with van der Waals surface area (Å²) in [6.45, 7) is 12.7. The fourth-order valence-electron chi connectivity index (χ4n) is 2.65. The van der Waals surface area contributed by atoms with Crippen molar-refractivity contribution in [3.8, 4) is 0 Å². The van der Waals surface area contributed by atoms with Crippen molar-refractivity contribution in [2.45, 2.75) is 33.6 Å². The number of benzene rings is 1. The Morgan fingerprint density at radius 1 is 1.06 bits per heavy atom. The molecule has 1 saturated heterocycles. The van der Waals surface area contributed by atoms with Crippen LogP contribution in [0, 0.1) is 13.8 Å². The van der Waals surface area contributed by atoms with Crippen LogP contribution in [0.2, 0.25) is 0 Å². The summed E-state index contributed by atoms with van der Waals surface area (Å²) in [5.41, 5.74) is 4.21. The lowest BCUT2D eigenvalue weighted by molar-refractivity contribution is 0.254. The summed E-state index contributed by atoms with van der Waals surface area (Å²) in [6, 6.07) is 6.78. The molecule has 0 amide bonds. The molecule has 1 fully saturated rings. The van der Waals surface area contributed by atoms with Gasteiger partial charge in [0.25, 0.3) is 0 Å². The first-order chi connectivity index (χ1) is 8.70. The Morgan fingerprint density at radius 2 is 1.78 bits per heavy atom. The highest BCUT2D eigenvalue weighted by atomic mass is 15.3. The molecule has 1 aliphatic rings. The van der Waals surface area contributed by atoms with Gasteiger partial charge in [0, 0.05) is 31.9 Å². The fraction of sp³-hybridized carbons (Fsp3) is 0.625. The minimum Gasteiger partial charge on any atom is -0.369 e. The van der Waals surface area contributed by atoms with E-state index in [0.29, 0.717) is 0 Å². The van der Waals surface area contributed by atoms with E-state index in [-0.39, 0.29) is 0 Å². The van der Waals surface area contributed by atoms with Crippen LogP contribution in [0.4, 0.5) is 5.69 Å². The highest BCUT2D eigenvalue weighted by Gasteiger charge is 2.17. The minimum atomic E-state index is 1.17. The number of anilines is 1. The number of piperazine rings is 1. The molecular formula is C16H26N2. The van der Waals surface area contributed by atoms with Gasteiger partial charge in [-0.15, -0.1) is 0 Å². The molecule has 1 heterocycles. The summed E-state index contributed by atoms with van der Waals surface area (Å²) in [6.07, 6.45) is 2.64. The van der Waals surface area contributed by atoms with E-state index in [1.807, 2.05) is 0 Å². The highest BCUT2D eigenvalue weighted by Crippen LogP contribution is 2.22. The number of hydrogen-bond donors (Lipinski definition) is 0. The van der Waals surface area contributed by atoms with Crippen LogP contribution in [-0.2, 0) is 0 Å². The molecule has 1 aromatic rings. The Balaban J connectivity index is 1.94. The number of nitrogens with zero attached hydrogens (tertiary/aromatic N) is 2. The van der Waals surface area contributed by atoms with Crippen LogP contribution in [-0.4, -0.2) is 37.6 Å². The molecule has 0 atom stereocenters. The molecule has 0 N–H and O–H groups in total. The summed E-state index contributed by atoms with van der Waals surface area (Å²) in [5, 5.41) is 0. The molecule has 2 heteroatoms. The van der Waals surface area contributed by atoms with Gasteiger partial charge in [-0.3, -0.25) is 4.90 Å². The topological polar surface area (TPSA) is 6.48 Å². The van der Waals surface area contributed by atoms with E-state index >= 15 is 0 Å². The maximum atomic E-state index is 2.60. The van der Waals surface area contributed by atoms with Crippen molar-refractivity contribution in [3.63, 3.8) is 0 Å². The normalized spacial score (nSPS) is 17.2. The van der Waals surface area contributed by atoms with E-state index in [0.717, 1.165) is 0 Å². The molecule has 0 bridgehead atoms. The van der Waals surface area contributed by atoms with Gasteiger partial charge in [-0.1, -0.05) is 25.5 Å². The van der Waals surface area contributed by atoms with Crippen molar-refractivity contribution in [2.75, 3.05) is 37.6 Å². The van der Waals surface area contributed by atoms with Crippen molar-refractivity contribution in [1.29, 1.82) is 0 Å². The lowest BCUT2D eigenvalue weighted by Crippen LogP contribution is -2.46. The summed E-state index contributed by atoms with van der Waals surface area (Å²) in [5.74, 6) is 0. The second-order valence-corrected chi connectivity index (χ2v) is 5.47. The molecule has 0 saturated carbocycles. The van der Waals surface area contributed by atoms with Crippen LogP contribution in [0.5, 0.6) is 0 Å². The second kappa shape index (κ2) is 6.24. The van der Waals surface area contributed by atoms with Gasteiger partial charge < -0.3 is 4.90 Å². The number of aryl methyl sites for hydroxylation is 2. The first-order valence-corrected chi connectivity index (χ1v) is 7.25. The average molecular weight is 246 g/mol. The fourth-order valence-corrected chi connectivity index (χ4v) is 2.65. The van der Waals surface area contributed by atoms with Crippen LogP contribution in [0.3, 0.4) is 0 Å². The largest absolute Gasteiger partial charge is 0.369 e. The molecule has 0 unspecified atom stereocenters. The summed E-state index contributed by atoms with van der Waals surface area (Å²) in [7, 11) is 0. The lowest BCUT2D eigenvalue weighted by atomic mass is 10.1. The number of rotatable bonds is 4. The van der Waals surface area contributed by atoms with E-state index < -0.39 is 0 Å². The van der Waals surface area contributed by atoms with Crippen LogP contribution >= 0.6 is 0 Å². The van der Waals surface area contributed by atoms with Gasteiger partial charge in [-0.2, -0.15) is 0 Å². The Bertz CT molecular complexity index is 379. The Labute approximate surface area is 112 Å². The predicted molar refractivity (Wildman–Crippen MR) is 79.5 cm³/mol. The maximum absolute atomic E-state index is 2.60. The lowest BCUT2D eigenvalue weighted by Gasteiger charge is -2.37. The third kappa shape index (κ3) is 3.26. The first-order valence-electron chi connectivity index (χ1n) is 7.25. The molecule has 1 aromatic carbocycles. The van der Waals surface area contributed by atoms with Crippen molar-refractivity contribution in [1.82, 2.24) is 4.90 Å². The quantitative estimate of drug-likeness (QED) is 0.805. The van der Waals surface area contributed by atoms with Gasteiger partial charge in [-0.05, 0) is 44.0 Å². The monoisotopic (exact) mass is 246 g/mol. The molecule has 0 aromatic heterocycles. The summed E-state index contributed by atoms with van der Waals surface area (Å²) in [4.78, 5) is 5.15. The Hall–Kier alpha value is -1.02. The highest BCUT2D eigenvalue weighted by molar-refractivity contribution is 5.55. The third-order valence-corrected chi connectivity index (χ3v) is 3.91. The van der Waals surface area contributed by atoms with Crippen molar-refractivity contribution in [3.05, 3.63) is 29.3 Å². The van der Waals surface area contributed by atoms with Gasteiger partial charge >= 0.3 is 0 Å². The molecule has 1 aliphatic heterocycles. The zero-order chi connectivity index (χ0) is 13.0. The van der Waals surface area contributed by atoms with Crippen molar-refractivity contribution >= 4 is 5.69 Å². The maximum Gasteiger partial charge on any atom is 0.0399 e. The van der Waals surface area contributed by atoms with E-state index in [4.69, 9.17) is 0 Å². The summed E-state index contributed by atoms with van der Waals surface area (Å²) >= 11 is 0. The van der Waals surface area contributed by atoms with Gasteiger partial charge in [0.15, 0.2) is 0 Å². The van der Waals surface area contributed by atoms with E-state index in [1.54, 1.807) is 0 Å². The molecule has 0 aliphatic carbocycles. The van der Waals surface area contributed by atoms with Gasteiger partial charge in [0.1, 0.15) is 0 Å². The molecule has 18 heavy (non-hydrogen) atoms. The Morgan fingerprint density at radius 3 is 2.44 bits per heavy atom. The van der Waals surface area contributed by atoms with Crippen LogP contribution in [0.25, 0.3) is 0 Å². The average Bonchev–Trinajstić information content (AvgIpc) is 2.40. The van der Waals surface area contributed by atoms with Crippen molar-refractivity contribution in [2.24, 2.45) is 0 Å². The Kier molecular flexibility index (Phi) is 4.65. The van der Waals surface area contributed by atoms with Gasteiger partial charge in [0.05, 0.1) is 0 Å². The SMILES string of the molecule is CCCCN1CCN(c2cc(C)ccc2C)CC1. The molecule has 2 rings (SSSR count). The first kappa shape index (κ1) is 13.4. The van der Waals surface area contributed by atoms with Crippen LogP contribution < -0.4 is 4.90 Å². The second-order valence-electron chi connectivity index (χ2n) is 5.47.